The third-order valence-corrected chi connectivity index (χ3v) is 3.69. The normalized spacial score (nSPS) is 10.6. The number of thioether (sulfide) groups is 1. The number of H-pyrrole nitrogens is 1. The highest BCUT2D eigenvalue weighted by Crippen LogP contribution is 2.28. The lowest BCUT2D eigenvalue weighted by molar-refractivity contribution is -0.384. The van der Waals surface area contributed by atoms with Gasteiger partial charge < -0.3 is 5.32 Å². The Labute approximate surface area is 126 Å². The summed E-state index contributed by atoms with van der Waals surface area (Å²) < 4.78 is 0. The quantitative estimate of drug-likeness (QED) is 0.463. The van der Waals surface area contributed by atoms with Gasteiger partial charge in [-0.1, -0.05) is 24.8 Å². The number of nitro groups is 1. The van der Waals surface area contributed by atoms with Crippen LogP contribution in [0.15, 0.2) is 23.4 Å². The van der Waals surface area contributed by atoms with Crippen molar-refractivity contribution in [3.8, 4) is 0 Å². The first-order valence-corrected chi connectivity index (χ1v) is 7.61. The topological polar surface area (TPSA) is 96.7 Å². The first-order chi connectivity index (χ1) is 10.1. The Morgan fingerprint density at radius 2 is 2.29 bits per heavy atom. The van der Waals surface area contributed by atoms with E-state index in [2.05, 4.69) is 20.5 Å². The number of aromatic nitrogens is 3. The van der Waals surface area contributed by atoms with Crippen molar-refractivity contribution in [1.82, 2.24) is 15.2 Å². The van der Waals surface area contributed by atoms with Crippen molar-refractivity contribution in [2.45, 2.75) is 31.2 Å². The molecule has 0 unspecified atom stereocenters. The third kappa shape index (κ3) is 4.19. The Hall–Kier alpha value is -2.09. The number of nitrogens with one attached hydrogen (secondary N) is 2. The predicted molar refractivity (Wildman–Crippen MR) is 82.6 cm³/mol. The molecule has 2 rings (SSSR count). The highest BCUT2D eigenvalue weighted by Gasteiger charge is 2.14. The van der Waals surface area contributed by atoms with Crippen molar-refractivity contribution < 1.29 is 4.92 Å². The van der Waals surface area contributed by atoms with Crippen LogP contribution in [0.3, 0.4) is 0 Å². The predicted octanol–water partition coefficient (Wildman–Crippen LogP) is 3.14. The van der Waals surface area contributed by atoms with E-state index in [-0.39, 0.29) is 10.6 Å². The van der Waals surface area contributed by atoms with Crippen molar-refractivity contribution in [2.24, 2.45) is 0 Å². The summed E-state index contributed by atoms with van der Waals surface area (Å²) >= 11 is 1.44. The van der Waals surface area contributed by atoms with Gasteiger partial charge in [-0.15, -0.1) is 5.10 Å². The van der Waals surface area contributed by atoms with Gasteiger partial charge in [-0.2, -0.15) is 0 Å². The second kappa shape index (κ2) is 7.07. The van der Waals surface area contributed by atoms with Crippen LogP contribution in [0.4, 0.5) is 11.4 Å². The van der Waals surface area contributed by atoms with Crippen LogP contribution in [0.1, 0.15) is 24.7 Å². The Bertz CT molecular complexity index is 629. The van der Waals surface area contributed by atoms with E-state index in [0.29, 0.717) is 23.1 Å². The van der Waals surface area contributed by atoms with Gasteiger partial charge in [-0.05, 0) is 25.0 Å². The molecule has 0 saturated heterocycles. The number of aryl methyl sites for hydroxylation is 1. The fourth-order valence-corrected chi connectivity index (χ4v) is 2.55. The molecule has 0 atom stereocenters. The smallest absolute Gasteiger partial charge is 0.292 e. The van der Waals surface area contributed by atoms with E-state index in [1.165, 1.54) is 11.8 Å². The molecule has 0 saturated carbocycles. The number of hydrogen-bond donors (Lipinski definition) is 2. The van der Waals surface area contributed by atoms with Gasteiger partial charge in [0.2, 0.25) is 5.16 Å². The summed E-state index contributed by atoms with van der Waals surface area (Å²) in [6.07, 6.45) is 0.916. The lowest BCUT2D eigenvalue weighted by Gasteiger charge is -2.07. The van der Waals surface area contributed by atoms with Crippen molar-refractivity contribution in [2.75, 3.05) is 11.9 Å². The molecular weight excluding hydrogens is 290 g/mol. The molecule has 1 aromatic heterocycles. The number of nitrogens with zero attached hydrogens (tertiary/aromatic N) is 3. The van der Waals surface area contributed by atoms with Gasteiger partial charge in [-0.3, -0.25) is 15.2 Å². The highest BCUT2D eigenvalue weighted by molar-refractivity contribution is 7.98. The van der Waals surface area contributed by atoms with E-state index in [1.807, 2.05) is 19.9 Å². The highest BCUT2D eigenvalue weighted by atomic mass is 32.2. The lowest BCUT2D eigenvalue weighted by atomic mass is 10.2. The average Bonchev–Trinajstić information content (AvgIpc) is 2.89. The summed E-state index contributed by atoms with van der Waals surface area (Å²) in [6, 6.07) is 5.24. The zero-order valence-corrected chi connectivity index (χ0v) is 12.7. The van der Waals surface area contributed by atoms with Gasteiger partial charge in [0.25, 0.3) is 5.69 Å². The minimum absolute atomic E-state index is 0.104. The summed E-state index contributed by atoms with van der Waals surface area (Å²) in [5, 5.41) is 21.6. The van der Waals surface area contributed by atoms with Gasteiger partial charge in [0.05, 0.1) is 4.92 Å². The lowest BCUT2D eigenvalue weighted by Crippen LogP contribution is -2.03. The Morgan fingerprint density at radius 3 is 2.90 bits per heavy atom. The minimum Gasteiger partial charge on any atom is -0.380 e. The zero-order chi connectivity index (χ0) is 15.2. The second-order valence-corrected chi connectivity index (χ2v) is 5.47. The number of anilines is 1. The zero-order valence-electron chi connectivity index (χ0n) is 11.9. The molecule has 0 radical (unpaired) electrons. The van der Waals surface area contributed by atoms with Gasteiger partial charge in [0.1, 0.15) is 11.5 Å². The first-order valence-electron chi connectivity index (χ1n) is 6.63. The fourth-order valence-electron chi connectivity index (χ4n) is 1.76. The van der Waals surface area contributed by atoms with Crippen LogP contribution in [0.5, 0.6) is 0 Å². The molecule has 2 aromatic rings. The van der Waals surface area contributed by atoms with Gasteiger partial charge in [0.15, 0.2) is 0 Å². The van der Waals surface area contributed by atoms with Crippen LogP contribution >= 0.6 is 11.8 Å². The molecule has 0 amide bonds. The number of benzene rings is 1. The number of hydrogen-bond acceptors (Lipinski definition) is 6. The fraction of sp³-hybridized carbons (Fsp3) is 0.385. The average molecular weight is 307 g/mol. The molecule has 0 aliphatic heterocycles. The summed E-state index contributed by atoms with van der Waals surface area (Å²) in [6.45, 7) is 4.56. The molecule has 0 aliphatic carbocycles. The molecule has 2 N–H and O–H groups in total. The van der Waals surface area contributed by atoms with Crippen molar-refractivity contribution in [3.05, 3.63) is 39.7 Å². The van der Waals surface area contributed by atoms with Crippen LogP contribution in [0, 0.1) is 17.0 Å². The molecule has 8 heteroatoms. The molecule has 21 heavy (non-hydrogen) atoms. The van der Waals surface area contributed by atoms with Crippen LogP contribution in [0.25, 0.3) is 0 Å². The monoisotopic (exact) mass is 307 g/mol. The van der Waals surface area contributed by atoms with Gasteiger partial charge in [0, 0.05) is 18.4 Å². The maximum absolute atomic E-state index is 11.1. The number of rotatable bonds is 7. The van der Waals surface area contributed by atoms with Crippen molar-refractivity contribution >= 4 is 23.1 Å². The Morgan fingerprint density at radius 1 is 1.48 bits per heavy atom. The van der Waals surface area contributed by atoms with Gasteiger partial charge >= 0.3 is 0 Å². The maximum Gasteiger partial charge on any atom is 0.292 e. The SMILES string of the molecule is CCCNc1ccc(CSc2n[nH]c(C)n2)cc1[N+](=O)[O-]. The molecular formula is C13H17N5O2S. The molecule has 0 spiro atoms. The van der Waals surface area contributed by atoms with Crippen molar-refractivity contribution in [3.63, 3.8) is 0 Å². The summed E-state index contributed by atoms with van der Waals surface area (Å²) in [5.41, 5.74) is 1.54. The number of nitro benzene ring substituents is 1. The Kier molecular flexibility index (Phi) is 5.15. The van der Waals surface area contributed by atoms with Crippen LogP contribution in [0.2, 0.25) is 0 Å². The third-order valence-electron chi connectivity index (χ3n) is 2.77. The van der Waals surface area contributed by atoms with Crippen LogP contribution < -0.4 is 5.32 Å². The molecule has 7 nitrogen and oxygen atoms in total. The van der Waals surface area contributed by atoms with E-state index >= 15 is 0 Å². The van der Waals surface area contributed by atoms with E-state index in [4.69, 9.17) is 0 Å². The molecule has 112 valence electrons. The van der Waals surface area contributed by atoms with Gasteiger partial charge in [-0.25, -0.2) is 4.98 Å². The van der Waals surface area contributed by atoms with E-state index < -0.39 is 0 Å². The number of aromatic amines is 1. The minimum atomic E-state index is -0.358. The Balaban J connectivity index is 2.09. The molecule has 0 fully saturated rings. The molecule has 1 aromatic carbocycles. The molecule has 0 aliphatic rings. The second-order valence-electron chi connectivity index (χ2n) is 4.53. The van der Waals surface area contributed by atoms with Crippen LogP contribution in [-0.2, 0) is 5.75 Å². The van der Waals surface area contributed by atoms with E-state index in [0.717, 1.165) is 17.8 Å². The van der Waals surface area contributed by atoms with Crippen molar-refractivity contribution in [1.29, 1.82) is 0 Å². The summed E-state index contributed by atoms with van der Waals surface area (Å²) in [7, 11) is 0. The summed E-state index contributed by atoms with van der Waals surface area (Å²) in [4.78, 5) is 15.0. The van der Waals surface area contributed by atoms with E-state index in [9.17, 15) is 10.1 Å². The molecule has 0 bridgehead atoms. The molecule has 1 heterocycles. The van der Waals surface area contributed by atoms with E-state index in [1.54, 1.807) is 12.1 Å². The summed E-state index contributed by atoms with van der Waals surface area (Å²) in [5.74, 6) is 1.34. The maximum atomic E-state index is 11.1. The standard InChI is InChI=1S/C13H17N5O2S/c1-3-6-14-11-5-4-10(7-12(11)18(19)20)8-21-13-15-9(2)16-17-13/h4-5,7,14H,3,6,8H2,1-2H3,(H,15,16,17). The first kappa shape index (κ1) is 15.3. The van der Waals surface area contributed by atoms with Crippen LogP contribution in [-0.4, -0.2) is 26.6 Å². The largest absolute Gasteiger partial charge is 0.380 e.